The summed E-state index contributed by atoms with van der Waals surface area (Å²) in [6.45, 7) is 5.62. The minimum absolute atomic E-state index is 0.0282. The molecule has 1 aromatic heterocycles. The topological polar surface area (TPSA) is 90.3 Å². The molecule has 6 nitrogen and oxygen atoms in total. The predicted octanol–water partition coefficient (Wildman–Crippen LogP) is 5.29. The monoisotopic (exact) mass is 418 g/mol. The van der Waals surface area contributed by atoms with Crippen LogP contribution in [0.15, 0.2) is 36.4 Å². The number of rotatable bonds is 6. The van der Waals surface area contributed by atoms with Gasteiger partial charge in [0.2, 0.25) is 5.88 Å². The van der Waals surface area contributed by atoms with Crippen LogP contribution in [0.2, 0.25) is 0 Å². The van der Waals surface area contributed by atoms with Gasteiger partial charge in [-0.3, -0.25) is 5.41 Å². The minimum atomic E-state index is -0.718. The lowest BCUT2D eigenvalue weighted by molar-refractivity contribution is 0.458. The third-order valence-corrected chi connectivity index (χ3v) is 4.63. The van der Waals surface area contributed by atoms with Crippen LogP contribution in [-0.4, -0.2) is 21.4 Å². The number of anilines is 2. The maximum atomic E-state index is 13.3. The van der Waals surface area contributed by atoms with Crippen LogP contribution in [0.1, 0.15) is 25.0 Å². The molecule has 0 spiro atoms. The molecule has 3 aromatic rings. The molecule has 1 heterocycles. The number of nitrogens with one attached hydrogen (secondary N) is 3. The van der Waals surface area contributed by atoms with E-state index in [0.717, 1.165) is 35.3 Å². The highest BCUT2D eigenvalue weighted by molar-refractivity contribution is 7.11. The lowest BCUT2D eigenvalue weighted by Gasteiger charge is -2.14. The molecule has 152 valence electrons. The van der Waals surface area contributed by atoms with E-state index >= 15 is 0 Å². The summed E-state index contributed by atoms with van der Waals surface area (Å²) in [5.74, 6) is -1.11. The SMILES string of the molecule is Cc1cc(Oc2cc(F)cc(F)c2)ccc1Nc1snc(O)c1C(=N)NC(C)C. The Balaban J connectivity index is 1.81. The quantitative estimate of drug-likeness (QED) is 0.322. The largest absolute Gasteiger partial charge is 0.492 e. The van der Waals surface area contributed by atoms with Crippen LogP contribution in [0, 0.1) is 24.0 Å². The molecule has 0 radical (unpaired) electrons. The van der Waals surface area contributed by atoms with E-state index in [-0.39, 0.29) is 23.5 Å². The molecule has 0 unspecified atom stereocenters. The number of benzene rings is 2. The highest BCUT2D eigenvalue weighted by Crippen LogP contribution is 2.34. The van der Waals surface area contributed by atoms with E-state index in [1.807, 2.05) is 20.8 Å². The molecule has 0 aliphatic carbocycles. The van der Waals surface area contributed by atoms with E-state index in [4.69, 9.17) is 10.1 Å². The molecule has 9 heteroatoms. The summed E-state index contributed by atoms with van der Waals surface area (Å²) in [6, 6.07) is 8.11. The van der Waals surface area contributed by atoms with Crippen molar-refractivity contribution in [3.63, 3.8) is 0 Å². The first-order valence-corrected chi connectivity index (χ1v) is 9.56. The molecule has 0 aliphatic heterocycles. The summed E-state index contributed by atoms with van der Waals surface area (Å²) in [4.78, 5) is 0. The zero-order valence-electron chi connectivity index (χ0n) is 16.0. The molecule has 0 saturated heterocycles. The molecular weight excluding hydrogens is 398 g/mol. The summed E-state index contributed by atoms with van der Waals surface area (Å²) in [5.41, 5.74) is 1.80. The number of aromatic nitrogens is 1. The van der Waals surface area contributed by atoms with Crippen molar-refractivity contribution in [2.45, 2.75) is 26.8 Å². The normalized spacial score (nSPS) is 10.8. The summed E-state index contributed by atoms with van der Waals surface area (Å²) in [6.07, 6.45) is 0. The predicted molar refractivity (Wildman–Crippen MR) is 110 cm³/mol. The van der Waals surface area contributed by atoms with Crippen molar-refractivity contribution in [1.82, 2.24) is 9.69 Å². The third-order valence-electron chi connectivity index (χ3n) is 3.87. The van der Waals surface area contributed by atoms with Gasteiger partial charge in [-0.2, -0.15) is 4.37 Å². The summed E-state index contributed by atoms with van der Waals surface area (Å²) >= 11 is 1.04. The summed E-state index contributed by atoms with van der Waals surface area (Å²) in [7, 11) is 0. The Morgan fingerprint density at radius 1 is 1.14 bits per heavy atom. The van der Waals surface area contributed by atoms with Crippen LogP contribution in [-0.2, 0) is 0 Å². The second kappa shape index (κ2) is 8.44. The van der Waals surface area contributed by atoms with Crippen molar-refractivity contribution in [3.8, 4) is 17.4 Å². The molecule has 0 fully saturated rings. The van der Waals surface area contributed by atoms with Gasteiger partial charge in [-0.25, -0.2) is 8.78 Å². The number of nitrogens with zero attached hydrogens (tertiary/aromatic N) is 1. The standard InChI is InChI=1S/C20H20F2N4O2S/c1-10(2)24-18(23)17-19(27)26-29-20(17)25-16-5-4-14(6-11(16)3)28-15-8-12(21)7-13(22)9-15/h4-10,25H,1-3H3,(H2,23,24)(H,26,27). The second-order valence-electron chi connectivity index (χ2n) is 6.69. The molecule has 0 saturated carbocycles. The number of hydrogen-bond donors (Lipinski definition) is 4. The van der Waals surface area contributed by atoms with Crippen LogP contribution in [0.4, 0.5) is 19.5 Å². The Morgan fingerprint density at radius 3 is 2.45 bits per heavy atom. The molecule has 29 heavy (non-hydrogen) atoms. The number of halogens is 2. The van der Waals surface area contributed by atoms with Gasteiger partial charge in [-0.15, -0.1) is 0 Å². The van der Waals surface area contributed by atoms with Gasteiger partial charge in [-0.1, -0.05) is 0 Å². The van der Waals surface area contributed by atoms with E-state index in [2.05, 4.69) is 15.0 Å². The van der Waals surface area contributed by atoms with E-state index < -0.39 is 11.6 Å². The van der Waals surface area contributed by atoms with Gasteiger partial charge in [0.1, 0.15) is 39.5 Å². The molecule has 0 atom stereocenters. The Labute approximate surface area is 170 Å². The fraction of sp³-hybridized carbons (Fsp3) is 0.200. The lowest BCUT2D eigenvalue weighted by Crippen LogP contribution is -2.30. The van der Waals surface area contributed by atoms with Crippen LogP contribution >= 0.6 is 11.5 Å². The average Bonchev–Trinajstić information content (AvgIpc) is 2.96. The Kier molecular flexibility index (Phi) is 5.97. The number of hydrogen-bond acceptors (Lipinski definition) is 6. The average molecular weight is 418 g/mol. The van der Waals surface area contributed by atoms with Crippen LogP contribution in [0.25, 0.3) is 0 Å². The Morgan fingerprint density at radius 2 is 1.83 bits per heavy atom. The first kappa shape index (κ1) is 20.5. The fourth-order valence-electron chi connectivity index (χ4n) is 2.64. The number of amidine groups is 1. The highest BCUT2D eigenvalue weighted by atomic mass is 32.1. The van der Waals surface area contributed by atoms with E-state index in [0.29, 0.717) is 22.0 Å². The van der Waals surface area contributed by atoms with Crippen LogP contribution < -0.4 is 15.4 Å². The Bertz CT molecular complexity index is 1030. The van der Waals surface area contributed by atoms with Crippen LogP contribution in [0.3, 0.4) is 0 Å². The minimum Gasteiger partial charge on any atom is -0.492 e. The maximum absolute atomic E-state index is 13.3. The molecule has 2 aromatic carbocycles. The molecular formula is C20H20F2N4O2S. The van der Waals surface area contributed by atoms with Crippen molar-refractivity contribution >= 4 is 28.1 Å². The molecule has 0 amide bonds. The van der Waals surface area contributed by atoms with Gasteiger partial charge in [0.05, 0.1) is 0 Å². The summed E-state index contributed by atoms with van der Waals surface area (Å²) < 4.78 is 36.1. The van der Waals surface area contributed by atoms with Crippen molar-refractivity contribution in [2.75, 3.05) is 5.32 Å². The van der Waals surface area contributed by atoms with E-state index in [1.54, 1.807) is 18.2 Å². The third kappa shape index (κ3) is 5.00. The smallest absolute Gasteiger partial charge is 0.236 e. The molecule has 0 bridgehead atoms. The molecule has 4 N–H and O–H groups in total. The van der Waals surface area contributed by atoms with Gasteiger partial charge in [0, 0.05) is 29.9 Å². The zero-order chi connectivity index (χ0) is 21.1. The Hall–Kier alpha value is -3.20. The maximum Gasteiger partial charge on any atom is 0.236 e. The van der Waals surface area contributed by atoms with Crippen molar-refractivity contribution in [1.29, 1.82) is 5.41 Å². The number of aromatic hydroxyl groups is 1. The number of aryl methyl sites for hydroxylation is 1. The van der Waals surface area contributed by atoms with Crippen molar-refractivity contribution < 1.29 is 18.6 Å². The highest BCUT2D eigenvalue weighted by Gasteiger charge is 2.19. The van der Waals surface area contributed by atoms with Crippen molar-refractivity contribution in [3.05, 3.63) is 59.2 Å². The summed E-state index contributed by atoms with van der Waals surface area (Å²) in [5, 5.41) is 24.8. The molecule has 0 aliphatic rings. The van der Waals surface area contributed by atoms with Gasteiger partial charge in [-0.05, 0) is 56.1 Å². The van der Waals surface area contributed by atoms with Gasteiger partial charge in [0.25, 0.3) is 0 Å². The van der Waals surface area contributed by atoms with Crippen molar-refractivity contribution in [2.24, 2.45) is 0 Å². The van der Waals surface area contributed by atoms with Gasteiger partial charge < -0.3 is 20.5 Å². The zero-order valence-corrected chi connectivity index (χ0v) is 16.8. The number of ether oxygens (including phenoxy) is 1. The van der Waals surface area contributed by atoms with E-state index in [9.17, 15) is 13.9 Å². The molecule has 3 rings (SSSR count). The first-order chi connectivity index (χ1) is 13.7. The first-order valence-electron chi connectivity index (χ1n) is 8.78. The van der Waals surface area contributed by atoms with Gasteiger partial charge >= 0.3 is 0 Å². The van der Waals surface area contributed by atoms with Crippen LogP contribution in [0.5, 0.6) is 17.4 Å². The van der Waals surface area contributed by atoms with E-state index in [1.165, 1.54) is 0 Å². The fourth-order valence-corrected chi connectivity index (χ4v) is 3.35. The van der Waals surface area contributed by atoms with Gasteiger partial charge in [0.15, 0.2) is 0 Å². The second-order valence-corrected chi connectivity index (χ2v) is 7.47. The lowest BCUT2D eigenvalue weighted by atomic mass is 10.2.